The van der Waals surface area contributed by atoms with Crippen molar-refractivity contribution in [2.24, 2.45) is 0 Å². The number of urea groups is 1. The van der Waals surface area contributed by atoms with Crippen molar-refractivity contribution in [3.05, 3.63) is 54.1 Å². The molecule has 110 valence electrons. The topological polar surface area (TPSA) is 50.4 Å². The summed E-state index contributed by atoms with van der Waals surface area (Å²) in [6.07, 6.45) is 0. The maximum absolute atomic E-state index is 11.4. The number of ether oxygens (including phenoxy) is 1. The third-order valence-electron chi connectivity index (χ3n) is 3.12. The van der Waals surface area contributed by atoms with Crippen LogP contribution < -0.4 is 15.4 Å². The minimum Gasteiger partial charge on any atom is -0.497 e. The van der Waals surface area contributed by atoms with Gasteiger partial charge in [0.1, 0.15) is 5.75 Å². The Hall–Kier alpha value is -2.49. The molecule has 4 heteroatoms. The molecule has 2 rings (SSSR count). The van der Waals surface area contributed by atoms with Crippen LogP contribution in [0, 0.1) is 0 Å². The highest BCUT2D eigenvalue weighted by Crippen LogP contribution is 2.24. The molecule has 2 aromatic rings. The molecule has 0 aliphatic heterocycles. The van der Waals surface area contributed by atoms with Gasteiger partial charge in [-0.05, 0) is 41.8 Å². The summed E-state index contributed by atoms with van der Waals surface area (Å²) in [6, 6.07) is 15.9. The van der Waals surface area contributed by atoms with E-state index < -0.39 is 0 Å². The van der Waals surface area contributed by atoms with Gasteiger partial charge in [0.15, 0.2) is 0 Å². The summed E-state index contributed by atoms with van der Waals surface area (Å²) in [5.41, 5.74) is 3.25. The monoisotopic (exact) mass is 284 g/mol. The van der Waals surface area contributed by atoms with E-state index in [1.807, 2.05) is 49.4 Å². The molecule has 2 N–H and O–H groups in total. The minimum absolute atomic E-state index is 0.149. The van der Waals surface area contributed by atoms with Gasteiger partial charge in [0.25, 0.3) is 0 Å². The van der Waals surface area contributed by atoms with Crippen LogP contribution in [0.1, 0.15) is 12.5 Å². The van der Waals surface area contributed by atoms with E-state index in [4.69, 9.17) is 4.74 Å². The average molecular weight is 284 g/mol. The first kappa shape index (κ1) is 14.9. The van der Waals surface area contributed by atoms with Gasteiger partial charge in [0.2, 0.25) is 0 Å². The predicted molar refractivity (Wildman–Crippen MR) is 84.3 cm³/mol. The Morgan fingerprint density at radius 2 is 1.76 bits per heavy atom. The zero-order valence-electron chi connectivity index (χ0n) is 12.3. The lowest BCUT2D eigenvalue weighted by Crippen LogP contribution is -2.34. The number of hydrogen-bond donors (Lipinski definition) is 2. The maximum Gasteiger partial charge on any atom is 0.315 e. The average Bonchev–Trinajstić information content (AvgIpc) is 2.53. The van der Waals surface area contributed by atoms with E-state index in [0.717, 1.165) is 22.4 Å². The fourth-order valence-electron chi connectivity index (χ4n) is 2.07. The number of carbonyl (C=O) groups is 1. The highest BCUT2D eigenvalue weighted by molar-refractivity contribution is 5.74. The normalized spacial score (nSPS) is 10.0. The van der Waals surface area contributed by atoms with E-state index in [1.54, 1.807) is 7.11 Å². The molecule has 0 aliphatic carbocycles. The van der Waals surface area contributed by atoms with Crippen LogP contribution in [0.5, 0.6) is 5.75 Å². The number of nitrogens with one attached hydrogen (secondary N) is 2. The van der Waals surface area contributed by atoms with Crippen molar-refractivity contribution < 1.29 is 9.53 Å². The lowest BCUT2D eigenvalue weighted by atomic mass is 10.0. The summed E-state index contributed by atoms with van der Waals surface area (Å²) in [6.45, 7) is 3.02. The number of hydrogen-bond acceptors (Lipinski definition) is 2. The van der Waals surface area contributed by atoms with Crippen LogP contribution in [0.15, 0.2) is 48.5 Å². The zero-order valence-corrected chi connectivity index (χ0v) is 12.3. The Kier molecular flexibility index (Phi) is 5.21. The van der Waals surface area contributed by atoms with E-state index in [9.17, 15) is 4.79 Å². The van der Waals surface area contributed by atoms with Gasteiger partial charge in [0, 0.05) is 13.1 Å². The van der Waals surface area contributed by atoms with E-state index in [2.05, 4.69) is 16.7 Å². The Balaban J connectivity index is 2.11. The molecule has 4 nitrogen and oxygen atoms in total. The third-order valence-corrected chi connectivity index (χ3v) is 3.12. The van der Waals surface area contributed by atoms with Crippen molar-refractivity contribution in [1.82, 2.24) is 10.6 Å². The summed E-state index contributed by atoms with van der Waals surface area (Å²) in [5.74, 6) is 0.832. The van der Waals surface area contributed by atoms with Gasteiger partial charge >= 0.3 is 6.03 Å². The largest absolute Gasteiger partial charge is 0.497 e. The van der Waals surface area contributed by atoms with Crippen LogP contribution in [-0.2, 0) is 6.54 Å². The number of rotatable bonds is 5. The van der Waals surface area contributed by atoms with Crippen molar-refractivity contribution in [1.29, 1.82) is 0 Å². The Morgan fingerprint density at radius 3 is 2.48 bits per heavy atom. The molecule has 0 aromatic heterocycles. The molecule has 0 fully saturated rings. The number of benzene rings is 2. The van der Waals surface area contributed by atoms with Gasteiger partial charge in [-0.25, -0.2) is 4.79 Å². The number of carbonyl (C=O) groups excluding carboxylic acids is 1. The maximum atomic E-state index is 11.4. The molecule has 21 heavy (non-hydrogen) atoms. The second kappa shape index (κ2) is 7.33. The van der Waals surface area contributed by atoms with E-state index in [-0.39, 0.29) is 6.03 Å². The molecular formula is C17H20N2O2. The molecule has 0 radical (unpaired) electrons. The van der Waals surface area contributed by atoms with Gasteiger partial charge in [0.05, 0.1) is 7.11 Å². The predicted octanol–water partition coefficient (Wildman–Crippen LogP) is 3.18. The standard InChI is InChI=1S/C17H20N2O2/c1-3-18-17(20)19-12-13-6-4-7-14(10-13)15-8-5-9-16(11-15)21-2/h4-11H,3,12H2,1-2H3,(H2,18,19,20). The molecule has 0 unspecified atom stereocenters. The first-order valence-corrected chi connectivity index (χ1v) is 6.98. The van der Waals surface area contributed by atoms with Gasteiger partial charge in [-0.1, -0.05) is 30.3 Å². The Bertz CT molecular complexity index is 611. The van der Waals surface area contributed by atoms with Crippen molar-refractivity contribution in [2.45, 2.75) is 13.5 Å². The van der Waals surface area contributed by atoms with Gasteiger partial charge in [-0.3, -0.25) is 0 Å². The first-order chi connectivity index (χ1) is 10.2. The van der Waals surface area contributed by atoms with Crippen molar-refractivity contribution in [2.75, 3.05) is 13.7 Å². The summed E-state index contributed by atoms with van der Waals surface area (Å²) in [7, 11) is 1.66. The summed E-state index contributed by atoms with van der Waals surface area (Å²) < 4.78 is 5.25. The molecule has 0 aliphatic rings. The van der Waals surface area contributed by atoms with Crippen LogP contribution in [-0.4, -0.2) is 19.7 Å². The molecule has 0 saturated heterocycles. The highest BCUT2D eigenvalue weighted by Gasteiger charge is 2.02. The Morgan fingerprint density at radius 1 is 1.05 bits per heavy atom. The van der Waals surface area contributed by atoms with Gasteiger partial charge in [-0.2, -0.15) is 0 Å². The third kappa shape index (κ3) is 4.24. The van der Waals surface area contributed by atoms with Crippen LogP contribution in [0.4, 0.5) is 4.79 Å². The van der Waals surface area contributed by atoms with E-state index in [1.165, 1.54) is 0 Å². The van der Waals surface area contributed by atoms with Crippen LogP contribution in [0.3, 0.4) is 0 Å². The molecule has 0 spiro atoms. The van der Waals surface area contributed by atoms with Crippen molar-refractivity contribution in [3.63, 3.8) is 0 Å². The molecule has 0 saturated carbocycles. The minimum atomic E-state index is -0.149. The zero-order chi connectivity index (χ0) is 15.1. The van der Waals surface area contributed by atoms with Gasteiger partial charge in [-0.15, -0.1) is 0 Å². The van der Waals surface area contributed by atoms with E-state index >= 15 is 0 Å². The van der Waals surface area contributed by atoms with Crippen molar-refractivity contribution >= 4 is 6.03 Å². The molecule has 2 amide bonds. The first-order valence-electron chi connectivity index (χ1n) is 6.98. The highest BCUT2D eigenvalue weighted by atomic mass is 16.5. The molecule has 0 heterocycles. The summed E-state index contributed by atoms with van der Waals surface area (Å²) in [4.78, 5) is 11.4. The number of amides is 2. The Labute approximate surface area is 125 Å². The summed E-state index contributed by atoms with van der Waals surface area (Å²) in [5, 5.41) is 5.54. The van der Waals surface area contributed by atoms with Crippen LogP contribution >= 0.6 is 0 Å². The smallest absolute Gasteiger partial charge is 0.315 e. The lowest BCUT2D eigenvalue weighted by molar-refractivity contribution is 0.241. The molecule has 0 atom stereocenters. The van der Waals surface area contributed by atoms with Crippen molar-refractivity contribution in [3.8, 4) is 16.9 Å². The van der Waals surface area contributed by atoms with E-state index in [0.29, 0.717) is 13.1 Å². The fourth-order valence-corrected chi connectivity index (χ4v) is 2.07. The van der Waals surface area contributed by atoms with Crippen LogP contribution in [0.2, 0.25) is 0 Å². The second-order valence-corrected chi connectivity index (χ2v) is 4.65. The SMILES string of the molecule is CCNC(=O)NCc1cccc(-c2cccc(OC)c2)c1. The van der Waals surface area contributed by atoms with Crippen LogP contribution in [0.25, 0.3) is 11.1 Å². The number of methoxy groups -OCH3 is 1. The second-order valence-electron chi connectivity index (χ2n) is 4.65. The molecule has 2 aromatic carbocycles. The lowest BCUT2D eigenvalue weighted by Gasteiger charge is -2.09. The molecular weight excluding hydrogens is 264 g/mol. The summed E-state index contributed by atoms with van der Waals surface area (Å²) >= 11 is 0. The molecule has 0 bridgehead atoms. The quantitative estimate of drug-likeness (QED) is 0.886. The van der Waals surface area contributed by atoms with Gasteiger partial charge < -0.3 is 15.4 Å². The fraction of sp³-hybridized carbons (Fsp3) is 0.235.